The summed E-state index contributed by atoms with van der Waals surface area (Å²) in [6, 6.07) is 11.8. The Kier molecular flexibility index (Phi) is 11.0. The predicted octanol–water partition coefficient (Wildman–Crippen LogP) is 4.00. The molecule has 2 N–H and O–H groups in total. The lowest BCUT2D eigenvalue weighted by Gasteiger charge is -2.13. The van der Waals surface area contributed by atoms with Gasteiger partial charge in [-0.2, -0.15) is 0 Å². The normalized spacial score (nSPS) is 11.7. The molecule has 2 aromatic carbocycles. The van der Waals surface area contributed by atoms with Crippen LogP contribution in [0.15, 0.2) is 57.2 Å². The zero-order chi connectivity index (χ0) is 20.6. The smallest absolute Gasteiger partial charge is 0.191 e. The van der Waals surface area contributed by atoms with Crippen molar-refractivity contribution in [1.82, 2.24) is 10.6 Å². The van der Waals surface area contributed by atoms with Crippen LogP contribution in [-0.4, -0.2) is 40.0 Å². The van der Waals surface area contributed by atoms with Gasteiger partial charge in [0.05, 0.1) is 4.90 Å². The van der Waals surface area contributed by atoms with Crippen LogP contribution in [0.4, 0.5) is 4.39 Å². The second kappa shape index (κ2) is 12.4. The average Bonchev–Trinajstić information content (AvgIpc) is 2.64. The number of nitrogens with zero attached hydrogens (tertiary/aromatic N) is 1. The van der Waals surface area contributed by atoms with Crippen LogP contribution >= 0.6 is 35.7 Å². The maximum Gasteiger partial charge on any atom is 0.191 e. The molecule has 0 unspecified atom stereocenters. The molecule has 9 heteroatoms. The summed E-state index contributed by atoms with van der Waals surface area (Å²) in [6.45, 7) is 3.11. The summed E-state index contributed by atoms with van der Waals surface area (Å²) in [5, 5.41) is 6.48. The number of nitrogens with one attached hydrogen (secondary N) is 2. The lowest BCUT2D eigenvalue weighted by atomic mass is 10.1. The van der Waals surface area contributed by atoms with Gasteiger partial charge in [0, 0.05) is 31.3 Å². The minimum absolute atomic E-state index is 0. The van der Waals surface area contributed by atoms with E-state index in [1.807, 2.05) is 12.1 Å². The van der Waals surface area contributed by atoms with E-state index in [-0.39, 0.29) is 29.8 Å². The number of benzene rings is 2. The van der Waals surface area contributed by atoms with E-state index in [0.29, 0.717) is 17.4 Å². The SMILES string of the molecule is CN=C(NCCCSc1ccc(F)cc1)NCc1ccc(S(C)(=O)=O)c(C)c1.I. The van der Waals surface area contributed by atoms with E-state index in [2.05, 4.69) is 15.6 Å². The fraction of sp³-hybridized carbons (Fsp3) is 0.350. The zero-order valence-corrected chi connectivity index (χ0v) is 20.7. The van der Waals surface area contributed by atoms with Crippen molar-refractivity contribution in [2.24, 2.45) is 4.99 Å². The van der Waals surface area contributed by atoms with E-state index in [0.717, 1.165) is 34.7 Å². The molecule has 0 aromatic heterocycles. The van der Waals surface area contributed by atoms with Crippen molar-refractivity contribution in [3.63, 3.8) is 0 Å². The van der Waals surface area contributed by atoms with Crippen molar-refractivity contribution in [2.75, 3.05) is 25.6 Å². The van der Waals surface area contributed by atoms with Crippen molar-refractivity contribution in [3.05, 3.63) is 59.4 Å². The molecule has 0 amide bonds. The number of guanidine groups is 1. The summed E-state index contributed by atoms with van der Waals surface area (Å²) in [4.78, 5) is 5.61. The third-order valence-corrected chi connectivity index (χ3v) is 6.37. The van der Waals surface area contributed by atoms with Crippen LogP contribution < -0.4 is 10.6 Å². The zero-order valence-electron chi connectivity index (χ0n) is 16.7. The molecule has 0 saturated carbocycles. The predicted molar refractivity (Wildman–Crippen MR) is 130 cm³/mol. The molecule has 0 radical (unpaired) electrons. The van der Waals surface area contributed by atoms with E-state index in [9.17, 15) is 12.8 Å². The molecule has 0 atom stereocenters. The first-order valence-electron chi connectivity index (χ1n) is 8.92. The van der Waals surface area contributed by atoms with Gasteiger partial charge in [-0.05, 0) is 60.6 Å². The second-order valence-corrected chi connectivity index (χ2v) is 9.53. The molecular weight excluding hydrogens is 524 g/mol. The lowest BCUT2D eigenvalue weighted by Crippen LogP contribution is -2.37. The Morgan fingerprint density at radius 2 is 1.83 bits per heavy atom. The molecule has 0 aliphatic heterocycles. The topological polar surface area (TPSA) is 70.6 Å². The second-order valence-electron chi connectivity index (χ2n) is 6.38. The summed E-state index contributed by atoms with van der Waals surface area (Å²) in [5.74, 6) is 1.39. The Hall–Kier alpha value is -1.33. The van der Waals surface area contributed by atoms with Gasteiger partial charge in [0.1, 0.15) is 5.82 Å². The van der Waals surface area contributed by atoms with Gasteiger partial charge >= 0.3 is 0 Å². The number of sulfone groups is 1. The minimum Gasteiger partial charge on any atom is -0.356 e. The van der Waals surface area contributed by atoms with Crippen molar-refractivity contribution in [1.29, 1.82) is 0 Å². The molecule has 0 spiro atoms. The highest BCUT2D eigenvalue weighted by Gasteiger charge is 2.10. The molecule has 5 nitrogen and oxygen atoms in total. The van der Waals surface area contributed by atoms with Gasteiger partial charge in [-0.25, -0.2) is 12.8 Å². The summed E-state index contributed by atoms with van der Waals surface area (Å²) in [5.41, 5.74) is 1.72. The highest BCUT2D eigenvalue weighted by Crippen LogP contribution is 2.18. The van der Waals surface area contributed by atoms with Gasteiger partial charge in [-0.15, -0.1) is 35.7 Å². The van der Waals surface area contributed by atoms with E-state index < -0.39 is 9.84 Å². The number of thioether (sulfide) groups is 1. The van der Waals surface area contributed by atoms with Crippen LogP contribution in [-0.2, 0) is 16.4 Å². The standard InChI is InChI=1S/C20H26FN3O2S2.HI/c1-15-13-16(5-10-19(15)28(3,25)26)14-24-20(22-2)23-11-4-12-27-18-8-6-17(21)7-9-18;/h5-10,13H,4,11-12,14H2,1-3H3,(H2,22,23,24);1H. The third-order valence-electron chi connectivity index (χ3n) is 4.02. The number of aryl methyl sites for hydroxylation is 1. The van der Waals surface area contributed by atoms with Gasteiger partial charge in [0.15, 0.2) is 15.8 Å². The number of hydrogen-bond donors (Lipinski definition) is 2. The van der Waals surface area contributed by atoms with E-state index in [1.165, 1.54) is 18.4 Å². The van der Waals surface area contributed by atoms with E-state index >= 15 is 0 Å². The molecule has 0 bridgehead atoms. The van der Waals surface area contributed by atoms with Crippen LogP contribution in [0.3, 0.4) is 0 Å². The Morgan fingerprint density at radius 3 is 2.41 bits per heavy atom. The monoisotopic (exact) mass is 551 g/mol. The van der Waals surface area contributed by atoms with Gasteiger partial charge < -0.3 is 10.6 Å². The number of rotatable bonds is 8. The first kappa shape index (κ1) is 25.7. The summed E-state index contributed by atoms with van der Waals surface area (Å²) in [7, 11) is -1.49. The molecule has 2 rings (SSSR count). The largest absolute Gasteiger partial charge is 0.356 e. The number of hydrogen-bond acceptors (Lipinski definition) is 4. The van der Waals surface area contributed by atoms with Crippen LogP contribution in [0.25, 0.3) is 0 Å². The van der Waals surface area contributed by atoms with Crippen molar-refractivity contribution in [2.45, 2.75) is 29.7 Å². The molecular formula is C20H27FIN3O2S2. The Morgan fingerprint density at radius 1 is 1.14 bits per heavy atom. The third kappa shape index (κ3) is 8.91. The minimum atomic E-state index is -3.20. The summed E-state index contributed by atoms with van der Waals surface area (Å²) in [6.07, 6.45) is 2.15. The molecule has 0 heterocycles. The Labute approximate surface area is 193 Å². The fourth-order valence-corrected chi connectivity index (χ4v) is 4.46. The van der Waals surface area contributed by atoms with Gasteiger partial charge in [-0.3, -0.25) is 4.99 Å². The maximum atomic E-state index is 12.9. The number of halogens is 2. The fourth-order valence-electron chi connectivity index (χ4n) is 2.64. The van der Waals surface area contributed by atoms with Crippen molar-refractivity contribution >= 4 is 51.5 Å². The van der Waals surface area contributed by atoms with Crippen LogP contribution in [0.2, 0.25) is 0 Å². The molecule has 160 valence electrons. The van der Waals surface area contributed by atoms with Crippen LogP contribution in [0.5, 0.6) is 0 Å². The first-order valence-corrected chi connectivity index (χ1v) is 11.8. The molecule has 29 heavy (non-hydrogen) atoms. The first-order chi connectivity index (χ1) is 13.3. The molecule has 2 aromatic rings. The van der Waals surface area contributed by atoms with Gasteiger partial charge in [0.25, 0.3) is 0 Å². The van der Waals surface area contributed by atoms with Crippen LogP contribution in [0.1, 0.15) is 17.5 Å². The van der Waals surface area contributed by atoms with Crippen molar-refractivity contribution in [3.8, 4) is 0 Å². The molecule has 0 aliphatic rings. The molecule has 0 fully saturated rings. The van der Waals surface area contributed by atoms with E-state index in [4.69, 9.17) is 0 Å². The highest BCUT2D eigenvalue weighted by atomic mass is 127. The van der Waals surface area contributed by atoms with E-state index in [1.54, 1.807) is 43.9 Å². The quantitative estimate of drug-likeness (QED) is 0.171. The Bertz CT molecular complexity index is 920. The van der Waals surface area contributed by atoms with Crippen LogP contribution in [0, 0.1) is 12.7 Å². The average molecular weight is 551 g/mol. The van der Waals surface area contributed by atoms with Crippen molar-refractivity contribution < 1.29 is 12.8 Å². The summed E-state index contributed by atoms with van der Waals surface area (Å²) < 4.78 is 36.3. The lowest BCUT2D eigenvalue weighted by molar-refractivity contribution is 0.601. The highest BCUT2D eigenvalue weighted by molar-refractivity contribution is 14.0. The Balaban J connectivity index is 0.00000420. The van der Waals surface area contributed by atoms with Gasteiger partial charge in [-0.1, -0.05) is 12.1 Å². The maximum absolute atomic E-state index is 12.9. The molecule has 0 aliphatic carbocycles. The molecule has 0 saturated heterocycles. The number of aliphatic imine (C=N–C) groups is 1. The summed E-state index contributed by atoms with van der Waals surface area (Å²) >= 11 is 1.69. The van der Waals surface area contributed by atoms with Gasteiger partial charge in [0.2, 0.25) is 0 Å².